The molecule has 0 spiro atoms. The summed E-state index contributed by atoms with van der Waals surface area (Å²) in [4.78, 5) is 0. The molecule has 90 valence electrons. The normalized spacial score (nSPS) is 17.4. The van der Waals surface area contributed by atoms with Gasteiger partial charge in [0, 0.05) is 17.4 Å². The SMILES string of the molecule is CSC(C)CCNc1snc(N)c1C1CC1. The van der Waals surface area contributed by atoms with Gasteiger partial charge in [-0.2, -0.15) is 16.1 Å². The van der Waals surface area contributed by atoms with Crippen molar-refractivity contribution in [1.29, 1.82) is 0 Å². The van der Waals surface area contributed by atoms with E-state index < -0.39 is 0 Å². The van der Waals surface area contributed by atoms with Crippen LogP contribution in [0.4, 0.5) is 10.8 Å². The van der Waals surface area contributed by atoms with Gasteiger partial charge in [0.2, 0.25) is 0 Å². The van der Waals surface area contributed by atoms with E-state index in [1.54, 1.807) is 0 Å². The molecule has 1 aliphatic rings. The van der Waals surface area contributed by atoms with Crippen LogP contribution in [-0.4, -0.2) is 22.4 Å². The highest BCUT2D eigenvalue weighted by molar-refractivity contribution is 7.99. The monoisotopic (exact) mass is 257 g/mol. The van der Waals surface area contributed by atoms with Gasteiger partial charge < -0.3 is 11.1 Å². The first-order chi connectivity index (χ1) is 7.72. The fourth-order valence-electron chi connectivity index (χ4n) is 1.71. The van der Waals surface area contributed by atoms with Gasteiger partial charge >= 0.3 is 0 Å². The summed E-state index contributed by atoms with van der Waals surface area (Å²) in [5.74, 6) is 1.42. The van der Waals surface area contributed by atoms with E-state index in [0.717, 1.165) is 12.4 Å². The Morgan fingerprint density at radius 3 is 3.00 bits per heavy atom. The molecule has 0 radical (unpaired) electrons. The molecule has 0 amide bonds. The van der Waals surface area contributed by atoms with Gasteiger partial charge in [-0.1, -0.05) is 6.92 Å². The van der Waals surface area contributed by atoms with Gasteiger partial charge in [0.25, 0.3) is 0 Å². The van der Waals surface area contributed by atoms with Gasteiger partial charge in [-0.25, -0.2) is 0 Å². The molecule has 5 heteroatoms. The van der Waals surface area contributed by atoms with E-state index in [1.165, 1.54) is 41.4 Å². The summed E-state index contributed by atoms with van der Waals surface area (Å²) in [6.07, 6.45) is 5.89. The number of anilines is 2. The summed E-state index contributed by atoms with van der Waals surface area (Å²) in [5, 5.41) is 5.40. The lowest BCUT2D eigenvalue weighted by atomic mass is 10.2. The Balaban J connectivity index is 1.89. The molecule has 1 aliphatic carbocycles. The molecule has 0 saturated heterocycles. The first-order valence-corrected chi connectivity index (χ1v) is 7.80. The minimum absolute atomic E-state index is 0.680. The topological polar surface area (TPSA) is 50.9 Å². The van der Waals surface area contributed by atoms with Crippen molar-refractivity contribution in [1.82, 2.24) is 4.37 Å². The zero-order chi connectivity index (χ0) is 11.5. The molecule has 1 fully saturated rings. The van der Waals surface area contributed by atoms with Crippen molar-refractivity contribution in [3.63, 3.8) is 0 Å². The van der Waals surface area contributed by atoms with Crippen LogP contribution in [0.15, 0.2) is 0 Å². The molecule has 2 rings (SSSR count). The van der Waals surface area contributed by atoms with Gasteiger partial charge in [-0.15, -0.1) is 0 Å². The van der Waals surface area contributed by atoms with Crippen LogP contribution in [0.25, 0.3) is 0 Å². The molecule has 0 bridgehead atoms. The van der Waals surface area contributed by atoms with Gasteiger partial charge in [0.15, 0.2) is 0 Å². The predicted molar refractivity (Wildman–Crippen MR) is 74.6 cm³/mol. The number of hydrogen-bond donors (Lipinski definition) is 2. The van der Waals surface area contributed by atoms with E-state index >= 15 is 0 Å². The zero-order valence-electron chi connectivity index (χ0n) is 9.82. The van der Waals surface area contributed by atoms with Crippen LogP contribution in [0.2, 0.25) is 0 Å². The summed E-state index contributed by atoms with van der Waals surface area (Å²) >= 11 is 3.42. The summed E-state index contributed by atoms with van der Waals surface area (Å²) in [6.45, 7) is 3.28. The van der Waals surface area contributed by atoms with Crippen LogP contribution in [0.3, 0.4) is 0 Å². The Morgan fingerprint density at radius 2 is 2.38 bits per heavy atom. The molecule has 1 unspecified atom stereocenters. The van der Waals surface area contributed by atoms with Gasteiger partial charge in [-0.3, -0.25) is 0 Å². The van der Waals surface area contributed by atoms with E-state index in [2.05, 4.69) is 22.9 Å². The van der Waals surface area contributed by atoms with Gasteiger partial charge in [-0.05, 0) is 43.0 Å². The van der Waals surface area contributed by atoms with E-state index in [4.69, 9.17) is 5.73 Å². The maximum atomic E-state index is 5.90. The van der Waals surface area contributed by atoms with Crippen molar-refractivity contribution in [2.45, 2.75) is 37.4 Å². The number of hydrogen-bond acceptors (Lipinski definition) is 5. The lowest BCUT2D eigenvalue weighted by molar-refractivity contribution is 0.854. The molecule has 1 aromatic heterocycles. The predicted octanol–water partition coefficient (Wildman–Crippen LogP) is 3.16. The third-order valence-electron chi connectivity index (χ3n) is 2.98. The third kappa shape index (κ3) is 2.83. The lowest BCUT2D eigenvalue weighted by Gasteiger charge is -2.09. The van der Waals surface area contributed by atoms with Gasteiger partial charge in [0.1, 0.15) is 10.8 Å². The minimum atomic E-state index is 0.680. The van der Waals surface area contributed by atoms with Crippen LogP contribution in [0.5, 0.6) is 0 Å². The van der Waals surface area contributed by atoms with Crippen molar-refractivity contribution in [3.8, 4) is 0 Å². The number of thioether (sulfide) groups is 1. The maximum absolute atomic E-state index is 5.90. The quantitative estimate of drug-likeness (QED) is 0.822. The summed E-state index contributed by atoms with van der Waals surface area (Å²) in [6, 6.07) is 0. The second-order valence-corrected chi connectivity index (χ2v) is 6.40. The van der Waals surface area contributed by atoms with Crippen molar-refractivity contribution in [2.75, 3.05) is 23.9 Å². The van der Waals surface area contributed by atoms with Crippen molar-refractivity contribution < 1.29 is 0 Å². The number of nitrogens with zero attached hydrogens (tertiary/aromatic N) is 1. The molecule has 3 nitrogen and oxygen atoms in total. The standard InChI is InChI=1S/C11H19N3S2/c1-7(15-2)5-6-13-11-9(8-3-4-8)10(12)14-16-11/h7-8,13H,3-6H2,1-2H3,(H2,12,14). The average Bonchev–Trinajstić information content (AvgIpc) is 3.04. The molecule has 0 aromatic carbocycles. The fourth-order valence-corrected chi connectivity index (χ4v) is 2.89. The zero-order valence-corrected chi connectivity index (χ0v) is 11.5. The summed E-state index contributed by atoms with van der Waals surface area (Å²) < 4.78 is 4.25. The summed E-state index contributed by atoms with van der Waals surface area (Å²) in [7, 11) is 0. The van der Waals surface area contributed by atoms with Crippen molar-refractivity contribution >= 4 is 34.1 Å². The first-order valence-electron chi connectivity index (χ1n) is 5.74. The van der Waals surface area contributed by atoms with Gasteiger partial charge in [0.05, 0.1) is 0 Å². The number of nitrogens with one attached hydrogen (secondary N) is 1. The van der Waals surface area contributed by atoms with Crippen molar-refractivity contribution in [2.24, 2.45) is 0 Å². The van der Waals surface area contributed by atoms with Crippen LogP contribution in [0, 0.1) is 0 Å². The Labute approximate surface area is 105 Å². The van der Waals surface area contributed by atoms with E-state index in [-0.39, 0.29) is 0 Å². The van der Waals surface area contributed by atoms with E-state index in [0.29, 0.717) is 11.2 Å². The average molecular weight is 257 g/mol. The number of nitrogens with two attached hydrogens (primary N) is 1. The minimum Gasteiger partial charge on any atom is -0.383 e. The smallest absolute Gasteiger partial charge is 0.142 e. The first kappa shape index (κ1) is 12.0. The highest BCUT2D eigenvalue weighted by Crippen LogP contribution is 2.47. The maximum Gasteiger partial charge on any atom is 0.142 e. The molecule has 1 saturated carbocycles. The molecular formula is C11H19N3S2. The van der Waals surface area contributed by atoms with Crippen LogP contribution >= 0.6 is 23.3 Å². The molecule has 3 N–H and O–H groups in total. The Morgan fingerprint density at radius 1 is 1.62 bits per heavy atom. The van der Waals surface area contributed by atoms with Crippen LogP contribution < -0.4 is 11.1 Å². The number of aromatic nitrogens is 1. The molecule has 16 heavy (non-hydrogen) atoms. The van der Waals surface area contributed by atoms with E-state index in [9.17, 15) is 0 Å². The van der Waals surface area contributed by atoms with Crippen LogP contribution in [-0.2, 0) is 0 Å². The highest BCUT2D eigenvalue weighted by Gasteiger charge is 2.30. The molecule has 0 aliphatic heterocycles. The Kier molecular flexibility index (Phi) is 3.97. The number of rotatable bonds is 6. The van der Waals surface area contributed by atoms with E-state index in [1.807, 2.05) is 11.8 Å². The number of nitrogen functional groups attached to an aromatic ring is 1. The largest absolute Gasteiger partial charge is 0.383 e. The third-order valence-corrected chi connectivity index (χ3v) is 4.86. The molecule has 1 aromatic rings. The second kappa shape index (κ2) is 5.27. The lowest BCUT2D eigenvalue weighted by Crippen LogP contribution is -2.08. The Bertz CT molecular complexity index is 347. The second-order valence-electron chi connectivity index (χ2n) is 4.35. The summed E-state index contributed by atoms with van der Waals surface area (Å²) in [5.41, 5.74) is 7.17. The van der Waals surface area contributed by atoms with Crippen molar-refractivity contribution in [3.05, 3.63) is 5.56 Å². The Hall–Kier alpha value is -0.420. The fraction of sp³-hybridized carbons (Fsp3) is 0.727. The molecular weight excluding hydrogens is 238 g/mol. The highest BCUT2D eigenvalue weighted by atomic mass is 32.2. The molecule has 1 atom stereocenters. The van der Waals surface area contributed by atoms with Crippen LogP contribution in [0.1, 0.15) is 37.7 Å². The molecule has 1 heterocycles.